The molecule has 6 heteroatoms. The number of carboxylic acid groups (broad SMARTS) is 1. The van der Waals surface area contributed by atoms with E-state index in [9.17, 15) is 9.90 Å². The highest BCUT2D eigenvalue weighted by Crippen LogP contribution is 2.21. The van der Waals surface area contributed by atoms with Gasteiger partial charge in [0.25, 0.3) is 0 Å². The molecule has 6 nitrogen and oxygen atoms in total. The molecule has 0 aliphatic rings. The summed E-state index contributed by atoms with van der Waals surface area (Å²) in [6.45, 7) is 8.76. The van der Waals surface area contributed by atoms with Gasteiger partial charge in [-0.2, -0.15) is 0 Å². The van der Waals surface area contributed by atoms with Crippen molar-refractivity contribution in [3.05, 3.63) is 83.2 Å². The fourth-order valence-corrected chi connectivity index (χ4v) is 3.26. The number of hydrogen-bond donors (Lipinski definition) is 1. The lowest BCUT2D eigenvalue weighted by Gasteiger charge is -2.24. The van der Waals surface area contributed by atoms with Gasteiger partial charge in [-0.05, 0) is 68.0 Å². The number of hydrogen-bond acceptors (Lipinski definition) is 5. The highest BCUT2D eigenvalue weighted by atomic mass is 16.5. The van der Waals surface area contributed by atoms with Gasteiger partial charge in [0, 0.05) is 25.5 Å². The molecule has 2 aromatic carbocycles. The van der Waals surface area contributed by atoms with Gasteiger partial charge in [0.05, 0.1) is 0 Å². The zero-order valence-corrected chi connectivity index (χ0v) is 19.2. The molecule has 0 radical (unpaired) electrons. The van der Waals surface area contributed by atoms with Gasteiger partial charge in [-0.3, -0.25) is 0 Å². The van der Waals surface area contributed by atoms with Crippen LogP contribution in [0.15, 0.2) is 60.9 Å². The van der Waals surface area contributed by atoms with Gasteiger partial charge in [0.2, 0.25) is 5.95 Å². The molecule has 3 aromatic rings. The third-order valence-electron chi connectivity index (χ3n) is 5.49. The fraction of sp³-hybridized carbons (Fsp3) is 0.346. The van der Waals surface area contributed by atoms with E-state index in [0.29, 0.717) is 11.7 Å². The number of benzene rings is 2. The predicted octanol–water partition coefficient (Wildman–Crippen LogP) is 4.84. The number of aryl methyl sites for hydroxylation is 2. The van der Waals surface area contributed by atoms with Crippen LogP contribution in [0, 0.1) is 6.92 Å². The maximum Gasteiger partial charge on any atom is 0.347 e. The van der Waals surface area contributed by atoms with Crippen LogP contribution in [0.4, 0.5) is 5.95 Å². The molecule has 0 saturated carbocycles. The first kappa shape index (κ1) is 23.3. The van der Waals surface area contributed by atoms with Gasteiger partial charge in [-0.15, -0.1) is 0 Å². The molecule has 0 aliphatic heterocycles. The molecule has 1 aromatic heterocycles. The van der Waals surface area contributed by atoms with E-state index in [1.807, 2.05) is 42.7 Å². The summed E-state index contributed by atoms with van der Waals surface area (Å²) in [4.78, 5) is 22.7. The van der Waals surface area contributed by atoms with Crippen molar-refractivity contribution in [2.24, 2.45) is 0 Å². The Labute approximate surface area is 189 Å². The van der Waals surface area contributed by atoms with Crippen molar-refractivity contribution in [2.45, 2.75) is 52.7 Å². The Bertz CT molecular complexity index is 1030. The quantitative estimate of drug-likeness (QED) is 0.493. The van der Waals surface area contributed by atoms with Gasteiger partial charge >= 0.3 is 5.97 Å². The van der Waals surface area contributed by atoms with E-state index in [1.54, 1.807) is 0 Å². The summed E-state index contributed by atoms with van der Waals surface area (Å²) >= 11 is 0. The molecule has 0 bridgehead atoms. The number of ether oxygens (including phenoxy) is 1. The summed E-state index contributed by atoms with van der Waals surface area (Å²) in [5.41, 5.74) is 3.46. The van der Waals surface area contributed by atoms with Crippen LogP contribution in [-0.2, 0) is 24.2 Å². The number of rotatable bonds is 10. The summed E-state index contributed by atoms with van der Waals surface area (Å²) in [5, 5.41) is 9.24. The zero-order valence-electron chi connectivity index (χ0n) is 19.2. The SMILES string of the molecule is CCc1cnc(N(CCc2ccc(OC(C)(C)C(=O)O)cc2)Cc2ccccc2C)nc1. The number of nitrogens with zero attached hydrogens (tertiary/aromatic N) is 3. The second kappa shape index (κ2) is 10.3. The lowest BCUT2D eigenvalue weighted by molar-refractivity contribution is -0.152. The maximum atomic E-state index is 11.3. The van der Waals surface area contributed by atoms with Crippen LogP contribution < -0.4 is 9.64 Å². The van der Waals surface area contributed by atoms with E-state index in [2.05, 4.69) is 46.9 Å². The average Bonchev–Trinajstić information content (AvgIpc) is 2.78. The summed E-state index contributed by atoms with van der Waals surface area (Å²) < 4.78 is 5.60. The van der Waals surface area contributed by atoms with Crippen LogP contribution in [0.5, 0.6) is 5.75 Å². The Morgan fingerprint density at radius 1 is 1.03 bits per heavy atom. The molecule has 0 atom stereocenters. The van der Waals surface area contributed by atoms with E-state index in [1.165, 1.54) is 25.0 Å². The van der Waals surface area contributed by atoms with E-state index < -0.39 is 11.6 Å². The molecule has 0 fully saturated rings. The van der Waals surface area contributed by atoms with Crippen LogP contribution in [-0.4, -0.2) is 33.2 Å². The molecule has 32 heavy (non-hydrogen) atoms. The lowest BCUT2D eigenvalue weighted by Crippen LogP contribution is -2.37. The Balaban J connectivity index is 1.73. The number of aromatic nitrogens is 2. The fourth-order valence-electron chi connectivity index (χ4n) is 3.26. The van der Waals surface area contributed by atoms with Crippen molar-refractivity contribution >= 4 is 11.9 Å². The molecule has 0 unspecified atom stereocenters. The van der Waals surface area contributed by atoms with Gasteiger partial charge in [-0.25, -0.2) is 14.8 Å². The molecule has 168 valence electrons. The third kappa shape index (κ3) is 6.06. The first-order valence-electron chi connectivity index (χ1n) is 10.9. The molecule has 0 saturated heterocycles. The average molecular weight is 434 g/mol. The molecule has 0 spiro atoms. The maximum absolute atomic E-state index is 11.3. The highest BCUT2D eigenvalue weighted by Gasteiger charge is 2.29. The molecule has 0 amide bonds. The lowest BCUT2D eigenvalue weighted by atomic mass is 10.1. The number of aliphatic carboxylic acids is 1. The number of carbonyl (C=O) groups is 1. The summed E-state index contributed by atoms with van der Waals surface area (Å²) in [5.74, 6) is 0.257. The van der Waals surface area contributed by atoms with Crippen molar-refractivity contribution in [3.8, 4) is 5.75 Å². The first-order valence-corrected chi connectivity index (χ1v) is 10.9. The zero-order chi connectivity index (χ0) is 23.1. The molecule has 0 aliphatic carbocycles. The van der Waals surface area contributed by atoms with Crippen LogP contribution in [0.25, 0.3) is 0 Å². The Morgan fingerprint density at radius 3 is 2.28 bits per heavy atom. The van der Waals surface area contributed by atoms with Crippen molar-refractivity contribution in [3.63, 3.8) is 0 Å². The monoisotopic (exact) mass is 433 g/mol. The number of carboxylic acids is 1. The predicted molar refractivity (Wildman–Crippen MR) is 126 cm³/mol. The normalized spacial score (nSPS) is 11.2. The highest BCUT2D eigenvalue weighted by molar-refractivity contribution is 5.76. The van der Waals surface area contributed by atoms with Crippen molar-refractivity contribution in [1.29, 1.82) is 0 Å². The van der Waals surface area contributed by atoms with Gasteiger partial charge in [0.15, 0.2) is 5.60 Å². The second-order valence-corrected chi connectivity index (χ2v) is 8.40. The van der Waals surface area contributed by atoms with Gasteiger partial charge < -0.3 is 14.7 Å². The smallest absolute Gasteiger partial charge is 0.347 e. The van der Waals surface area contributed by atoms with Crippen molar-refractivity contribution in [1.82, 2.24) is 9.97 Å². The van der Waals surface area contributed by atoms with E-state index in [0.717, 1.165) is 37.1 Å². The minimum Gasteiger partial charge on any atom is -0.478 e. The Hall–Kier alpha value is -3.41. The van der Waals surface area contributed by atoms with Crippen molar-refractivity contribution in [2.75, 3.05) is 11.4 Å². The first-order chi connectivity index (χ1) is 15.3. The van der Waals surface area contributed by atoms with Crippen LogP contribution >= 0.6 is 0 Å². The molecule has 1 N–H and O–H groups in total. The molecule has 1 heterocycles. The summed E-state index contributed by atoms with van der Waals surface area (Å²) in [6, 6.07) is 15.9. The van der Waals surface area contributed by atoms with Crippen LogP contribution in [0.3, 0.4) is 0 Å². The topological polar surface area (TPSA) is 75.6 Å². The summed E-state index contributed by atoms with van der Waals surface area (Å²) in [6.07, 6.45) is 5.49. The standard InChI is InChI=1S/C26H31N3O3/c1-5-20-16-27-25(28-17-20)29(18-22-9-7-6-8-19(22)2)15-14-21-10-12-23(13-11-21)32-26(3,4)24(30)31/h6-13,16-17H,5,14-15,18H2,1-4H3,(H,30,31). The van der Waals surface area contributed by atoms with Crippen LogP contribution in [0.2, 0.25) is 0 Å². The second-order valence-electron chi connectivity index (χ2n) is 8.40. The largest absolute Gasteiger partial charge is 0.478 e. The Kier molecular flexibility index (Phi) is 7.46. The van der Waals surface area contributed by atoms with E-state index in [-0.39, 0.29) is 0 Å². The van der Waals surface area contributed by atoms with Gasteiger partial charge in [-0.1, -0.05) is 43.3 Å². The van der Waals surface area contributed by atoms with E-state index in [4.69, 9.17) is 4.74 Å². The van der Waals surface area contributed by atoms with Crippen molar-refractivity contribution < 1.29 is 14.6 Å². The Morgan fingerprint density at radius 2 is 1.69 bits per heavy atom. The number of anilines is 1. The summed E-state index contributed by atoms with van der Waals surface area (Å²) in [7, 11) is 0. The third-order valence-corrected chi connectivity index (χ3v) is 5.49. The minimum absolute atomic E-state index is 0.538. The molecular formula is C26H31N3O3. The molecule has 3 rings (SSSR count). The van der Waals surface area contributed by atoms with Crippen LogP contribution in [0.1, 0.15) is 43.0 Å². The van der Waals surface area contributed by atoms with Gasteiger partial charge in [0.1, 0.15) is 5.75 Å². The molecular weight excluding hydrogens is 402 g/mol. The minimum atomic E-state index is -1.27. The van der Waals surface area contributed by atoms with E-state index >= 15 is 0 Å².